The molecule has 1 spiro atoms. The first-order valence-electron chi connectivity index (χ1n) is 9.91. The van der Waals surface area contributed by atoms with Crippen LogP contribution in [0.5, 0.6) is 0 Å². The van der Waals surface area contributed by atoms with E-state index in [1.54, 1.807) is 12.4 Å². The van der Waals surface area contributed by atoms with Gasteiger partial charge in [0.25, 0.3) is 0 Å². The van der Waals surface area contributed by atoms with Gasteiger partial charge in [-0.2, -0.15) is 0 Å². The number of hydrogen-bond acceptors (Lipinski definition) is 6. The highest BCUT2D eigenvalue weighted by atomic mass is 16.5. The highest BCUT2D eigenvalue weighted by Crippen LogP contribution is 2.53. The van der Waals surface area contributed by atoms with Crippen LogP contribution in [0.25, 0.3) is 0 Å². The van der Waals surface area contributed by atoms with Crippen LogP contribution in [0.1, 0.15) is 30.0 Å². The van der Waals surface area contributed by atoms with Crippen molar-refractivity contribution in [3.8, 4) is 0 Å². The van der Waals surface area contributed by atoms with Crippen molar-refractivity contribution >= 4 is 5.95 Å². The molecule has 27 heavy (non-hydrogen) atoms. The molecule has 3 aliphatic rings. The molecule has 1 N–H and O–H groups in total. The first-order chi connectivity index (χ1) is 13.3. The van der Waals surface area contributed by atoms with Gasteiger partial charge in [-0.15, -0.1) is 0 Å². The Hall–Kier alpha value is -2.02. The topological polar surface area (TPSA) is 61.7 Å². The molecule has 0 radical (unpaired) electrons. The second-order valence-corrected chi connectivity index (χ2v) is 7.82. The van der Waals surface area contributed by atoms with Crippen molar-refractivity contribution in [1.82, 2.24) is 14.9 Å². The van der Waals surface area contributed by atoms with Gasteiger partial charge in [0, 0.05) is 44.0 Å². The standard InChI is InChI=1S/C21H26N4O2/c26-19-18(24-12-14-27-15-13-24)16-4-1-2-5-17(16)21(19)6-10-25(11-7-21)20-22-8-3-9-23-20/h1-5,8-9,18-19,26H,6-7,10-15H2/t18-,19+/m1/s1. The Morgan fingerprint density at radius 2 is 1.67 bits per heavy atom. The van der Waals surface area contributed by atoms with E-state index in [1.165, 1.54) is 11.1 Å². The molecule has 2 aliphatic heterocycles. The first kappa shape index (κ1) is 17.1. The summed E-state index contributed by atoms with van der Waals surface area (Å²) in [7, 11) is 0. The molecule has 1 aliphatic carbocycles. The van der Waals surface area contributed by atoms with Crippen molar-refractivity contribution in [1.29, 1.82) is 0 Å². The lowest BCUT2D eigenvalue weighted by atomic mass is 9.72. The van der Waals surface area contributed by atoms with Crippen LogP contribution < -0.4 is 4.90 Å². The van der Waals surface area contributed by atoms with Crippen LogP contribution in [-0.4, -0.2) is 65.5 Å². The van der Waals surface area contributed by atoms with Gasteiger partial charge in [0.1, 0.15) is 0 Å². The van der Waals surface area contributed by atoms with Gasteiger partial charge in [-0.1, -0.05) is 24.3 Å². The molecule has 142 valence electrons. The van der Waals surface area contributed by atoms with Gasteiger partial charge in [-0.3, -0.25) is 4.90 Å². The predicted octanol–water partition coefficient (Wildman–Crippen LogP) is 1.76. The van der Waals surface area contributed by atoms with E-state index in [1.807, 2.05) is 6.07 Å². The maximum absolute atomic E-state index is 11.6. The van der Waals surface area contributed by atoms with Gasteiger partial charge in [0.05, 0.1) is 25.4 Å². The lowest BCUT2D eigenvalue weighted by molar-refractivity contribution is -0.0418. The molecule has 6 nitrogen and oxygen atoms in total. The molecule has 3 heterocycles. The molecule has 6 heteroatoms. The van der Waals surface area contributed by atoms with Crippen LogP contribution in [0, 0.1) is 0 Å². The normalized spacial score (nSPS) is 27.7. The maximum atomic E-state index is 11.6. The van der Waals surface area contributed by atoms with Crippen LogP contribution in [0.15, 0.2) is 42.7 Å². The highest BCUT2D eigenvalue weighted by Gasteiger charge is 2.54. The lowest BCUT2D eigenvalue weighted by Gasteiger charge is -2.44. The number of fused-ring (bicyclic) bond motifs is 2. The summed E-state index contributed by atoms with van der Waals surface area (Å²) in [6.07, 6.45) is 5.04. The van der Waals surface area contributed by atoms with Crippen molar-refractivity contribution in [2.45, 2.75) is 30.4 Å². The molecule has 5 rings (SSSR count). The lowest BCUT2D eigenvalue weighted by Crippen LogP contribution is -2.51. The first-order valence-corrected chi connectivity index (χ1v) is 9.91. The largest absolute Gasteiger partial charge is 0.390 e. The van der Waals surface area contributed by atoms with Crippen molar-refractivity contribution in [3.05, 3.63) is 53.9 Å². The summed E-state index contributed by atoms with van der Waals surface area (Å²) in [6, 6.07) is 10.6. The van der Waals surface area contributed by atoms with Crippen molar-refractivity contribution in [3.63, 3.8) is 0 Å². The fraction of sp³-hybridized carbons (Fsp3) is 0.524. The molecule has 2 aromatic rings. The van der Waals surface area contributed by atoms with E-state index in [0.29, 0.717) is 0 Å². The molecule has 1 aromatic heterocycles. The number of anilines is 1. The molecule has 0 amide bonds. The Morgan fingerprint density at radius 3 is 2.41 bits per heavy atom. The second-order valence-electron chi connectivity index (χ2n) is 7.82. The van der Waals surface area contributed by atoms with Crippen LogP contribution in [0.4, 0.5) is 5.95 Å². The van der Waals surface area contributed by atoms with Crippen LogP contribution >= 0.6 is 0 Å². The van der Waals surface area contributed by atoms with Gasteiger partial charge in [0.15, 0.2) is 0 Å². The van der Waals surface area contributed by atoms with E-state index < -0.39 is 0 Å². The molecule has 1 aromatic carbocycles. The zero-order chi connectivity index (χ0) is 18.3. The molecular formula is C21H26N4O2. The van der Waals surface area contributed by atoms with E-state index in [2.05, 4.69) is 44.0 Å². The third kappa shape index (κ3) is 2.74. The summed E-state index contributed by atoms with van der Waals surface area (Å²) in [4.78, 5) is 13.4. The van der Waals surface area contributed by atoms with Gasteiger partial charge in [-0.25, -0.2) is 9.97 Å². The van der Waals surface area contributed by atoms with Crippen LogP contribution in [0.2, 0.25) is 0 Å². The minimum atomic E-state index is -0.383. The molecule has 2 fully saturated rings. The molecule has 0 unspecified atom stereocenters. The fourth-order valence-corrected chi connectivity index (χ4v) is 5.22. The Morgan fingerprint density at radius 1 is 0.963 bits per heavy atom. The van der Waals surface area contributed by atoms with Gasteiger partial charge >= 0.3 is 0 Å². The molecule has 2 atom stereocenters. The molecule has 0 saturated carbocycles. The Labute approximate surface area is 159 Å². The van der Waals surface area contributed by atoms with Crippen LogP contribution in [-0.2, 0) is 10.2 Å². The van der Waals surface area contributed by atoms with E-state index in [-0.39, 0.29) is 17.6 Å². The summed E-state index contributed by atoms with van der Waals surface area (Å²) in [5.41, 5.74) is 2.46. The predicted molar refractivity (Wildman–Crippen MR) is 103 cm³/mol. The fourth-order valence-electron chi connectivity index (χ4n) is 5.22. The third-order valence-corrected chi connectivity index (χ3v) is 6.61. The average Bonchev–Trinajstić information content (AvgIpc) is 2.98. The van der Waals surface area contributed by atoms with E-state index in [0.717, 1.165) is 58.2 Å². The highest BCUT2D eigenvalue weighted by molar-refractivity contribution is 5.47. The molecular weight excluding hydrogens is 340 g/mol. The molecule has 0 bridgehead atoms. The minimum Gasteiger partial charge on any atom is -0.390 e. The quantitative estimate of drug-likeness (QED) is 0.874. The zero-order valence-electron chi connectivity index (χ0n) is 15.5. The van der Waals surface area contributed by atoms with Crippen molar-refractivity contribution < 1.29 is 9.84 Å². The Balaban J connectivity index is 1.44. The number of nitrogens with zero attached hydrogens (tertiary/aromatic N) is 4. The maximum Gasteiger partial charge on any atom is 0.225 e. The minimum absolute atomic E-state index is 0.0737. The smallest absolute Gasteiger partial charge is 0.225 e. The summed E-state index contributed by atoms with van der Waals surface area (Å²) in [5.74, 6) is 0.790. The average molecular weight is 366 g/mol. The Bertz CT molecular complexity index is 786. The van der Waals surface area contributed by atoms with Crippen molar-refractivity contribution in [2.24, 2.45) is 0 Å². The summed E-state index contributed by atoms with van der Waals surface area (Å²) in [6.45, 7) is 5.00. The summed E-state index contributed by atoms with van der Waals surface area (Å²) >= 11 is 0. The second kappa shape index (κ2) is 6.86. The number of morpholine rings is 1. The summed E-state index contributed by atoms with van der Waals surface area (Å²) < 4.78 is 5.54. The van der Waals surface area contributed by atoms with Gasteiger partial charge < -0.3 is 14.7 Å². The monoisotopic (exact) mass is 366 g/mol. The number of aliphatic hydroxyl groups is 1. The zero-order valence-corrected chi connectivity index (χ0v) is 15.5. The number of hydrogen-bond donors (Lipinski definition) is 1. The van der Waals surface area contributed by atoms with Crippen LogP contribution in [0.3, 0.4) is 0 Å². The number of rotatable bonds is 2. The number of benzene rings is 1. The molecule has 2 saturated heterocycles. The number of aliphatic hydroxyl groups excluding tert-OH is 1. The number of aromatic nitrogens is 2. The SMILES string of the molecule is O[C@H]1[C@H](N2CCOCC2)c2ccccc2C12CCN(c1ncccn1)CC2. The summed E-state index contributed by atoms with van der Waals surface area (Å²) in [5, 5.41) is 11.6. The Kier molecular flexibility index (Phi) is 4.34. The number of ether oxygens (including phenoxy) is 1. The van der Waals surface area contributed by atoms with E-state index in [4.69, 9.17) is 4.74 Å². The van der Waals surface area contributed by atoms with Crippen molar-refractivity contribution in [2.75, 3.05) is 44.3 Å². The van der Waals surface area contributed by atoms with E-state index >= 15 is 0 Å². The van der Waals surface area contributed by atoms with Gasteiger partial charge in [-0.05, 0) is 30.0 Å². The number of piperidine rings is 1. The van der Waals surface area contributed by atoms with E-state index in [9.17, 15) is 5.11 Å². The van der Waals surface area contributed by atoms with Gasteiger partial charge in [0.2, 0.25) is 5.95 Å². The third-order valence-electron chi connectivity index (χ3n) is 6.61.